The second-order valence-electron chi connectivity index (χ2n) is 10.2. The Kier molecular flexibility index (Phi) is 12.1. The van der Waals surface area contributed by atoms with Crippen molar-refractivity contribution in [1.82, 2.24) is 0 Å². The van der Waals surface area contributed by atoms with Gasteiger partial charge in [0.05, 0.1) is 24.9 Å². The van der Waals surface area contributed by atoms with Gasteiger partial charge in [-0.25, -0.2) is 0 Å². The summed E-state index contributed by atoms with van der Waals surface area (Å²) >= 11 is 8.16. The van der Waals surface area contributed by atoms with Crippen molar-refractivity contribution in [3.8, 4) is 0 Å². The SMILES string of the molecule is COSc1ccc2c(c1)N(C(C)OC)/C(=C/C=C1\CCCC(/C=C/c3sc4ccc(SOC)cc4[n+]3C(C)OC)=C1SC)S2. The lowest BCUT2D eigenvalue weighted by molar-refractivity contribution is -0.732. The predicted molar refractivity (Wildman–Crippen MR) is 190 cm³/mol. The molecule has 2 atom stereocenters. The van der Waals surface area contributed by atoms with E-state index < -0.39 is 0 Å². The Morgan fingerprint density at radius 2 is 1.66 bits per heavy atom. The van der Waals surface area contributed by atoms with E-state index in [-0.39, 0.29) is 12.5 Å². The van der Waals surface area contributed by atoms with E-state index in [0.29, 0.717) is 0 Å². The second-order valence-corrected chi connectivity index (χ2v) is 15.0. The highest BCUT2D eigenvalue weighted by Crippen LogP contribution is 2.49. The number of allylic oxidation sites excluding steroid dienone is 5. The summed E-state index contributed by atoms with van der Waals surface area (Å²) in [5, 5.41) is 2.32. The van der Waals surface area contributed by atoms with Crippen LogP contribution in [0, 0.1) is 0 Å². The van der Waals surface area contributed by atoms with Crippen molar-refractivity contribution in [2.45, 2.75) is 60.3 Å². The molecular formula is C33H39N2O4S5+. The molecule has 0 saturated carbocycles. The number of hydrogen-bond donors (Lipinski definition) is 0. The van der Waals surface area contributed by atoms with Crippen molar-refractivity contribution in [3.05, 3.63) is 80.7 Å². The molecule has 1 aliphatic heterocycles. The second kappa shape index (κ2) is 15.8. The number of aromatic nitrogens is 1. The van der Waals surface area contributed by atoms with Crippen molar-refractivity contribution in [2.75, 3.05) is 39.6 Å². The summed E-state index contributed by atoms with van der Waals surface area (Å²) < 4.78 is 25.7. The number of hydrogen-bond acceptors (Lipinski definition) is 10. The van der Waals surface area contributed by atoms with Crippen LogP contribution in [0.4, 0.5) is 5.69 Å². The molecule has 0 N–H and O–H groups in total. The van der Waals surface area contributed by atoms with Crippen LogP contribution in [-0.4, -0.2) is 40.9 Å². The minimum absolute atomic E-state index is 0.0942. The number of benzene rings is 2. The smallest absolute Gasteiger partial charge is 0.265 e. The van der Waals surface area contributed by atoms with E-state index in [1.165, 1.54) is 49.7 Å². The van der Waals surface area contributed by atoms with Crippen LogP contribution in [0.2, 0.25) is 0 Å². The third kappa shape index (κ3) is 7.32. The molecule has 0 spiro atoms. The van der Waals surface area contributed by atoms with Gasteiger partial charge in [-0.15, -0.1) is 11.8 Å². The van der Waals surface area contributed by atoms with E-state index in [0.717, 1.165) is 50.3 Å². The third-order valence-electron chi connectivity index (χ3n) is 7.59. The van der Waals surface area contributed by atoms with Gasteiger partial charge in [-0.05, 0) is 80.0 Å². The van der Waals surface area contributed by atoms with E-state index in [1.807, 2.05) is 11.8 Å². The topological polar surface area (TPSA) is 44.0 Å². The van der Waals surface area contributed by atoms with Crippen LogP contribution in [0.1, 0.15) is 44.3 Å². The normalized spacial score (nSPS) is 18.8. The Balaban J connectivity index is 1.48. The predicted octanol–water partition coefficient (Wildman–Crippen LogP) is 9.85. The lowest BCUT2D eigenvalue weighted by Crippen LogP contribution is -2.40. The molecule has 2 unspecified atom stereocenters. The highest BCUT2D eigenvalue weighted by molar-refractivity contribution is 8.03. The molecule has 11 heteroatoms. The lowest BCUT2D eigenvalue weighted by Gasteiger charge is -2.27. The van der Waals surface area contributed by atoms with E-state index in [9.17, 15) is 0 Å². The van der Waals surface area contributed by atoms with Gasteiger partial charge in [-0.2, -0.15) is 4.57 Å². The fourth-order valence-electron chi connectivity index (χ4n) is 5.42. The maximum atomic E-state index is 5.79. The van der Waals surface area contributed by atoms with Crippen LogP contribution in [0.5, 0.6) is 0 Å². The first-order valence-corrected chi connectivity index (χ1v) is 18.7. The molecule has 0 radical (unpaired) electrons. The Bertz CT molecular complexity index is 1610. The quantitative estimate of drug-likeness (QED) is 0.137. The third-order valence-corrected chi connectivity index (χ3v) is 12.0. The van der Waals surface area contributed by atoms with Crippen LogP contribution in [0.3, 0.4) is 0 Å². The monoisotopic (exact) mass is 687 g/mol. The fraction of sp³-hybridized carbons (Fsp3) is 0.364. The van der Waals surface area contributed by atoms with Gasteiger partial charge in [0.1, 0.15) is 10.9 Å². The summed E-state index contributed by atoms with van der Waals surface area (Å²) in [6.07, 6.45) is 14.4. The average Bonchev–Trinajstić information content (AvgIpc) is 3.59. The van der Waals surface area contributed by atoms with E-state index in [1.54, 1.807) is 51.5 Å². The number of methoxy groups -OCH3 is 2. The minimum Gasteiger partial charge on any atom is -0.362 e. The highest BCUT2D eigenvalue weighted by Gasteiger charge is 2.30. The molecule has 3 aromatic rings. The van der Waals surface area contributed by atoms with Crippen molar-refractivity contribution in [2.24, 2.45) is 0 Å². The fourth-order valence-corrected chi connectivity index (χ4v) is 9.44. The van der Waals surface area contributed by atoms with Crippen LogP contribution >= 0.6 is 58.9 Å². The molecule has 234 valence electrons. The summed E-state index contributed by atoms with van der Waals surface area (Å²) in [5.41, 5.74) is 5.06. The summed E-state index contributed by atoms with van der Waals surface area (Å²) in [6, 6.07) is 12.9. The molecule has 2 heterocycles. The number of thiazole rings is 1. The van der Waals surface area contributed by atoms with Gasteiger partial charge < -0.3 is 22.7 Å². The molecule has 0 saturated heterocycles. The van der Waals surface area contributed by atoms with Crippen LogP contribution in [0.25, 0.3) is 16.3 Å². The van der Waals surface area contributed by atoms with Crippen LogP contribution in [-0.2, 0) is 17.8 Å². The number of ether oxygens (including phenoxy) is 2. The number of anilines is 1. The van der Waals surface area contributed by atoms with Gasteiger partial charge in [0.15, 0.2) is 0 Å². The molecule has 2 aliphatic rings. The van der Waals surface area contributed by atoms with Gasteiger partial charge in [0, 0.05) is 77.0 Å². The van der Waals surface area contributed by atoms with Crippen molar-refractivity contribution in [1.29, 1.82) is 0 Å². The zero-order valence-corrected chi connectivity index (χ0v) is 30.2. The molecule has 6 nitrogen and oxygen atoms in total. The molecule has 2 aromatic carbocycles. The Morgan fingerprint density at radius 1 is 0.909 bits per heavy atom. The van der Waals surface area contributed by atoms with Crippen molar-refractivity contribution < 1.29 is 22.4 Å². The summed E-state index contributed by atoms with van der Waals surface area (Å²) in [5.74, 6) is 0. The zero-order chi connectivity index (χ0) is 31.2. The van der Waals surface area contributed by atoms with Gasteiger partial charge >= 0.3 is 0 Å². The highest BCUT2D eigenvalue weighted by atomic mass is 32.2. The van der Waals surface area contributed by atoms with E-state index in [2.05, 4.69) is 90.3 Å². The number of thioether (sulfide) groups is 2. The number of rotatable bonds is 12. The Morgan fingerprint density at radius 3 is 2.36 bits per heavy atom. The van der Waals surface area contributed by atoms with Crippen molar-refractivity contribution in [3.63, 3.8) is 0 Å². The Labute approximate surface area is 282 Å². The molecular weight excluding hydrogens is 649 g/mol. The molecule has 44 heavy (non-hydrogen) atoms. The minimum atomic E-state index is -0.0942. The van der Waals surface area contributed by atoms with Gasteiger partial charge in [0.2, 0.25) is 5.52 Å². The Hall–Kier alpha value is -1.67. The molecule has 0 fully saturated rings. The summed E-state index contributed by atoms with van der Waals surface area (Å²) in [4.78, 5) is 7.01. The zero-order valence-electron chi connectivity index (χ0n) is 26.1. The maximum absolute atomic E-state index is 5.79. The lowest BCUT2D eigenvalue weighted by atomic mass is 9.94. The van der Waals surface area contributed by atoms with Gasteiger partial charge in [0.25, 0.3) is 11.2 Å². The molecule has 1 aromatic heterocycles. The molecule has 0 amide bonds. The summed E-state index contributed by atoms with van der Waals surface area (Å²) in [6.45, 7) is 4.18. The molecule has 1 aliphatic carbocycles. The first-order chi connectivity index (χ1) is 21.4. The van der Waals surface area contributed by atoms with Crippen molar-refractivity contribution >= 4 is 80.9 Å². The average molecular weight is 688 g/mol. The van der Waals surface area contributed by atoms with Gasteiger partial charge in [-0.3, -0.25) is 0 Å². The largest absolute Gasteiger partial charge is 0.362 e. The van der Waals surface area contributed by atoms with Crippen LogP contribution in [0.15, 0.2) is 90.4 Å². The number of nitrogens with zero attached hydrogens (tertiary/aromatic N) is 2. The standard InChI is InChI=1S/C33H39N2O4S5/c1-21(36-3)34-27-19-25(43-38-5)13-15-29(27)41-31(34)17-11-23-9-8-10-24(33(23)40-7)12-18-32-35(22(2)37-4)28-20-26(44-39-6)14-16-30(28)42-32/h11-22H,8-10H2,1-7H3/q+1. The maximum Gasteiger partial charge on any atom is 0.265 e. The number of fused-ring (bicyclic) bond motifs is 2. The first kappa shape index (κ1) is 33.7. The van der Waals surface area contributed by atoms with E-state index in [4.69, 9.17) is 17.8 Å². The first-order valence-electron chi connectivity index (χ1n) is 14.3. The molecule has 0 bridgehead atoms. The van der Waals surface area contributed by atoms with E-state index >= 15 is 0 Å². The molecule has 5 rings (SSSR count). The van der Waals surface area contributed by atoms with Gasteiger partial charge in [-0.1, -0.05) is 35.3 Å². The summed E-state index contributed by atoms with van der Waals surface area (Å²) in [7, 11) is 6.92. The van der Waals surface area contributed by atoms with Crippen LogP contribution < -0.4 is 9.47 Å².